The molecular formula is C19H21FN2O3. The Morgan fingerprint density at radius 3 is 2.20 bits per heavy atom. The summed E-state index contributed by atoms with van der Waals surface area (Å²) in [4.78, 5) is 24.1. The summed E-state index contributed by atoms with van der Waals surface area (Å²) in [7, 11) is 0. The molecule has 5 nitrogen and oxygen atoms in total. The summed E-state index contributed by atoms with van der Waals surface area (Å²) in [5.41, 5.74) is 2.86. The predicted molar refractivity (Wildman–Crippen MR) is 92.1 cm³/mol. The van der Waals surface area contributed by atoms with E-state index in [0.717, 1.165) is 5.56 Å². The summed E-state index contributed by atoms with van der Waals surface area (Å²) in [5, 5.41) is 11.6. The smallest absolute Gasteiger partial charge is 0.270 e. The van der Waals surface area contributed by atoms with Gasteiger partial charge in [0.05, 0.1) is 0 Å². The molecule has 0 saturated carbocycles. The number of amides is 2. The van der Waals surface area contributed by atoms with Gasteiger partial charge in [-0.1, -0.05) is 57.2 Å². The number of carbonyl (C=O) groups excluding carboxylic acids is 2. The van der Waals surface area contributed by atoms with E-state index in [-0.39, 0.29) is 11.7 Å². The van der Waals surface area contributed by atoms with E-state index in [9.17, 15) is 14.0 Å². The lowest BCUT2D eigenvalue weighted by Crippen LogP contribution is -2.43. The van der Waals surface area contributed by atoms with Crippen LogP contribution >= 0.6 is 0 Å². The summed E-state index contributed by atoms with van der Waals surface area (Å²) in [6, 6.07) is 11.9. The van der Waals surface area contributed by atoms with Crippen LogP contribution in [-0.4, -0.2) is 17.0 Å². The molecule has 0 aliphatic heterocycles. The minimum absolute atomic E-state index is 0.324. The van der Waals surface area contributed by atoms with Gasteiger partial charge in [-0.3, -0.25) is 14.8 Å². The maximum atomic E-state index is 13.3. The highest BCUT2D eigenvalue weighted by atomic mass is 19.1. The van der Waals surface area contributed by atoms with Crippen LogP contribution in [0.1, 0.15) is 32.4 Å². The number of hydrogen-bond donors (Lipinski definition) is 3. The van der Waals surface area contributed by atoms with Crippen LogP contribution < -0.4 is 10.8 Å². The van der Waals surface area contributed by atoms with Crippen LogP contribution in [0.5, 0.6) is 0 Å². The molecule has 6 heteroatoms. The highest BCUT2D eigenvalue weighted by molar-refractivity contribution is 5.90. The van der Waals surface area contributed by atoms with Crippen molar-refractivity contribution in [3.63, 3.8) is 0 Å². The van der Waals surface area contributed by atoms with Crippen molar-refractivity contribution in [2.45, 2.75) is 26.8 Å². The fraction of sp³-hybridized carbons (Fsp3) is 0.263. The zero-order chi connectivity index (χ0) is 18.6. The SMILES string of the molecule is CC(C)(C)C(=O)NC(C(=O)NO)c1ccc(-c2cccc(F)c2)cc1. The van der Waals surface area contributed by atoms with Crippen molar-refractivity contribution < 1.29 is 19.2 Å². The number of carbonyl (C=O) groups is 2. The molecule has 1 atom stereocenters. The van der Waals surface area contributed by atoms with E-state index in [2.05, 4.69) is 5.32 Å². The molecule has 2 rings (SSSR count). The lowest BCUT2D eigenvalue weighted by Gasteiger charge is -2.23. The van der Waals surface area contributed by atoms with E-state index in [1.807, 2.05) is 0 Å². The van der Waals surface area contributed by atoms with E-state index in [0.29, 0.717) is 11.1 Å². The number of hydroxylamine groups is 1. The zero-order valence-electron chi connectivity index (χ0n) is 14.3. The number of benzene rings is 2. The van der Waals surface area contributed by atoms with E-state index in [1.54, 1.807) is 62.6 Å². The Balaban J connectivity index is 2.29. The summed E-state index contributed by atoms with van der Waals surface area (Å²) < 4.78 is 13.3. The van der Waals surface area contributed by atoms with E-state index >= 15 is 0 Å². The first-order chi connectivity index (χ1) is 11.7. The summed E-state index contributed by atoms with van der Waals surface area (Å²) >= 11 is 0. The van der Waals surface area contributed by atoms with Crippen molar-refractivity contribution in [2.75, 3.05) is 0 Å². The second-order valence-corrected chi connectivity index (χ2v) is 6.76. The summed E-state index contributed by atoms with van der Waals surface area (Å²) in [6.07, 6.45) is 0. The lowest BCUT2D eigenvalue weighted by atomic mass is 9.94. The van der Waals surface area contributed by atoms with Crippen LogP contribution in [0.25, 0.3) is 11.1 Å². The summed E-state index contributed by atoms with van der Waals surface area (Å²) in [6.45, 7) is 5.18. The third-order valence-corrected chi connectivity index (χ3v) is 3.73. The molecular weight excluding hydrogens is 323 g/mol. The number of hydrogen-bond acceptors (Lipinski definition) is 3. The van der Waals surface area contributed by atoms with Crippen molar-refractivity contribution in [1.82, 2.24) is 10.8 Å². The Bertz CT molecular complexity index is 767. The first-order valence-electron chi connectivity index (χ1n) is 7.83. The minimum atomic E-state index is -1.03. The molecule has 0 aromatic heterocycles. The highest BCUT2D eigenvalue weighted by Crippen LogP contribution is 2.24. The Morgan fingerprint density at radius 1 is 1.04 bits per heavy atom. The first kappa shape index (κ1) is 18.6. The molecule has 0 aliphatic carbocycles. The van der Waals surface area contributed by atoms with Gasteiger partial charge in [0.25, 0.3) is 5.91 Å². The molecule has 0 radical (unpaired) electrons. The van der Waals surface area contributed by atoms with Gasteiger partial charge in [0, 0.05) is 5.41 Å². The molecule has 3 N–H and O–H groups in total. The van der Waals surface area contributed by atoms with Crippen molar-refractivity contribution >= 4 is 11.8 Å². The second-order valence-electron chi connectivity index (χ2n) is 6.76. The molecule has 25 heavy (non-hydrogen) atoms. The normalized spacial score (nSPS) is 12.4. The van der Waals surface area contributed by atoms with Crippen LogP contribution in [0.3, 0.4) is 0 Å². The average molecular weight is 344 g/mol. The maximum absolute atomic E-state index is 13.3. The second kappa shape index (κ2) is 7.44. The molecule has 0 spiro atoms. The van der Waals surface area contributed by atoms with Gasteiger partial charge < -0.3 is 5.32 Å². The van der Waals surface area contributed by atoms with Crippen molar-refractivity contribution in [3.05, 3.63) is 59.9 Å². The first-order valence-corrected chi connectivity index (χ1v) is 7.83. The van der Waals surface area contributed by atoms with Gasteiger partial charge in [-0.2, -0.15) is 0 Å². The van der Waals surface area contributed by atoms with Crippen LogP contribution in [0.2, 0.25) is 0 Å². The molecule has 2 aromatic rings. The fourth-order valence-corrected chi connectivity index (χ4v) is 2.25. The summed E-state index contributed by atoms with van der Waals surface area (Å²) in [5.74, 6) is -1.40. The van der Waals surface area contributed by atoms with Gasteiger partial charge in [-0.05, 0) is 28.8 Å². The van der Waals surface area contributed by atoms with E-state index in [1.165, 1.54) is 12.1 Å². The number of halogens is 1. The average Bonchev–Trinajstić information content (AvgIpc) is 2.58. The van der Waals surface area contributed by atoms with Crippen molar-refractivity contribution in [3.8, 4) is 11.1 Å². The quantitative estimate of drug-likeness (QED) is 0.589. The Labute approximate surface area is 145 Å². The Kier molecular flexibility index (Phi) is 5.54. The van der Waals surface area contributed by atoms with Crippen LogP contribution in [0.4, 0.5) is 4.39 Å². The monoisotopic (exact) mass is 344 g/mol. The largest absolute Gasteiger partial charge is 0.340 e. The Hall–Kier alpha value is -2.73. The topological polar surface area (TPSA) is 78.4 Å². The highest BCUT2D eigenvalue weighted by Gasteiger charge is 2.28. The van der Waals surface area contributed by atoms with Gasteiger partial charge in [-0.15, -0.1) is 0 Å². The van der Waals surface area contributed by atoms with Gasteiger partial charge in [0.2, 0.25) is 5.91 Å². The van der Waals surface area contributed by atoms with Crippen LogP contribution in [0.15, 0.2) is 48.5 Å². The molecule has 132 valence electrons. The minimum Gasteiger partial charge on any atom is -0.340 e. The zero-order valence-corrected chi connectivity index (χ0v) is 14.3. The van der Waals surface area contributed by atoms with Crippen molar-refractivity contribution in [1.29, 1.82) is 0 Å². The third kappa shape index (κ3) is 4.64. The molecule has 0 heterocycles. The van der Waals surface area contributed by atoms with E-state index < -0.39 is 17.4 Å². The molecule has 0 fully saturated rings. The maximum Gasteiger partial charge on any atom is 0.270 e. The molecule has 0 aliphatic rings. The number of rotatable bonds is 4. The van der Waals surface area contributed by atoms with Gasteiger partial charge in [0.1, 0.15) is 11.9 Å². The van der Waals surface area contributed by atoms with Crippen LogP contribution in [0, 0.1) is 11.2 Å². The molecule has 0 saturated heterocycles. The molecule has 0 bridgehead atoms. The van der Waals surface area contributed by atoms with Gasteiger partial charge >= 0.3 is 0 Å². The standard InChI is InChI=1S/C19H21FN2O3/c1-19(2,3)18(24)21-16(17(23)22-25)13-9-7-12(8-10-13)14-5-4-6-15(20)11-14/h4-11,16,25H,1-3H3,(H,21,24)(H,22,23). The fourth-order valence-electron chi connectivity index (χ4n) is 2.25. The van der Waals surface area contributed by atoms with E-state index in [4.69, 9.17) is 5.21 Å². The van der Waals surface area contributed by atoms with Crippen LogP contribution in [-0.2, 0) is 9.59 Å². The Morgan fingerprint density at radius 2 is 1.68 bits per heavy atom. The molecule has 2 amide bonds. The lowest BCUT2D eigenvalue weighted by molar-refractivity contribution is -0.137. The molecule has 2 aromatic carbocycles. The van der Waals surface area contributed by atoms with Crippen molar-refractivity contribution in [2.24, 2.45) is 5.41 Å². The predicted octanol–water partition coefficient (Wildman–Crippen LogP) is 3.20. The molecule has 1 unspecified atom stereocenters. The number of nitrogens with one attached hydrogen (secondary N) is 2. The van der Waals surface area contributed by atoms with Gasteiger partial charge in [-0.25, -0.2) is 9.87 Å². The third-order valence-electron chi connectivity index (χ3n) is 3.73. The van der Waals surface area contributed by atoms with Gasteiger partial charge in [0.15, 0.2) is 0 Å².